The second kappa shape index (κ2) is 9.40. The number of benzene rings is 1. The highest BCUT2D eigenvalue weighted by molar-refractivity contribution is 5.90. The summed E-state index contributed by atoms with van der Waals surface area (Å²) in [5.41, 5.74) is 1.42. The molecule has 1 unspecified atom stereocenters. The Morgan fingerprint density at radius 1 is 1.29 bits per heavy atom. The molecule has 2 aliphatic heterocycles. The van der Waals surface area contributed by atoms with Gasteiger partial charge in [-0.25, -0.2) is 8.78 Å². The van der Waals surface area contributed by atoms with Gasteiger partial charge < -0.3 is 15.4 Å². The van der Waals surface area contributed by atoms with Crippen LogP contribution < -0.4 is 16.0 Å². The molecular formula is C19H26F2N4O3. The molecule has 0 radical (unpaired) electrons. The van der Waals surface area contributed by atoms with E-state index < -0.39 is 30.8 Å². The third kappa shape index (κ3) is 6.22. The first-order valence-corrected chi connectivity index (χ1v) is 9.49. The maximum absolute atomic E-state index is 13.2. The van der Waals surface area contributed by atoms with Crippen LogP contribution in [-0.4, -0.2) is 68.1 Å². The van der Waals surface area contributed by atoms with Crippen molar-refractivity contribution >= 4 is 17.5 Å². The molecule has 1 atom stereocenters. The van der Waals surface area contributed by atoms with Gasteiger partial charge in [0.05, 0.1) is 25.8 Å². The van der Waals surface area contributed by atoms with E-state index in [-0.39, 0.29) is 12.5 Å². The summed E-state index contributed by atoms with van der Waals surface area (Å²) in [4.78, 5) is 26.4. The van der Waals surface area contributed by atoms with E-state index in [2.05, 4.69) is 20.9 Å². The van der Waals surface area contributed by atoms with E-state index in [4.69, 9.17) is 4.74 Å². The predicted octanol–water partition coefficient (Wildman–Crippen LogP) is 0.961. The summed E-state index contributed by atoms with van der Waals surface area (Å²) in [6, 6.07) is 6.25. The van der Waals surface area contributed by atoms with E-state index in [0.717, 1.165) is 18.7 Å². The number of amides is 2. The molecule has 154 valence electrons. The molecule has 0 spiro atoms. The fraction of sp³-hybridized carbons (Fsp3) is 0.579. The summed E-state index contributed by atoms with van der Waals surface area (Å²) < 4.78 is 31.6. The van der Waals surface area contributed by atoms with Gasteiger partial charge in [0.25, 0.3) is 5.92 Å². The molecule has 3 N–H and O–H groups in total. The quantitative estimate of drug-likeness (QED) is 0.640. The number of carbonyl (C=O) groups excluding carboxylic acids is 2. The minimum Gasteiger partial charge on any atom is -0.379 e. The molecule has 3 rings (SSSR count). The van der Waals surface area contributed by atoms with Gasteiger partial charge in [0, 0.05) is 44.7 Å². The highest BCUT2D eigenvalue weighted by Crippen LogP contribution is 2.25. The van der Waals surface area contributed by atoms with Crippen LogP contribution in [0.2, 0.25) is 0 Å². The van der Waals surface area contributed by atoms with Crippen LogP contribution in [-0.2, 0) is 20.9 Å². The Bertz CT molecular complexity index is 696. The Balaban J connectivity index is 1.43. The molecule has 28 heavy (non-hydrogen) atoms. The van der Waals surface area contributed by atoms with E-state index in [1.54, 1.807) is 24.3 Å². The highest BCUT2D eigenvalue weighted by Gasteiger charge is 2.42. The van der Waals surface area contributed by atoms with Gasteiger partial charge >= 0.3 is 0 Å². The molecule has 9 heteroatoms. The lowest BCUT2D eigenvalue weighted by atomic mass is 10.1. The molecule has 2 fully saturated rings. The fourth-order valence-electron chi connectivity index (χ4n) is 3.28. The van der Waals surface area contributed by atoms with Gasteiger partial charge in [0.2, 0.25) is 11.8 Å². The lowest BCUT2D eigenvalue weighted by molar-refractivity contribution is -0.123. The largest absolute Gasteiger partial charge is 0.379 e. The average Bonchev–Trinajstić information content (AvgIpc) is 3.05. The molecular weight excluding hydrogens is 370 g/mol. The molecule has 1 aromatic rings. The van der Waals surface area contributed by atoms with Crippen molar-refractivity contribution in [1.82, 2.24) is 15.5 Å². The van der Waals surface area contributed by atoms with Crippen molar-refractivity contribution in [2.75, 3.05) is 44.7 Å². The second-order valence-corrected chi connectivity index (χ2v) is 7.16. The summed E-state index contributed by atoms with van der Waals surface area (Å²) >= 11 is 0. The number of ether oxygens (including phenoxy) is 1. The Labute approximate surface area is 162 Å². The van der Waals surface area contributed by atoms with Crippen molar-refractivity contribution in [2.24, 2.45) is 0 Å². The zero-order valence-electron chi connectivity index (χ0n) is 15.7. The molecule has 0 bridgehead atoms. The minimum atomic E-state index is -2.84. The third-order valence-electron chi connectivity index (χ3n) is 4.86. The smallest absolute Gasteiger partial charge is 0.262 e. The van der Waals surface area contributed by atoms with Crippen molar-refractivity contribution in [3.8, 4) is 0 Å². The Kier molecular flexibility index (Phi) is 6.93. The number of anilines is 1. The fourth-order valence-corrected chi connectivity index (χ4v) is 3.28. The molecule has 0 aliphatic carbocycles. The average molecular weight is 396 g/mol. The van der Waals surface area contributed by atoms with Crippen LogP contribution in [0.4, 0.5) is 14.5 Å². The van der Waals surface area contributed by atoms with E-state index in [1.807, 2.05) is 0 Å². The van der Waals surface area contributed by atoms with E-state index in [9.17, 15) is 18.4 Å². The summed E-state index contributed by atoms with van der Waals surface area (Å²) in [7, 11) is 0. The van der Waals surface area contributed by atoms with Crippen molar-refractivity contribution in [3.05, 3.63) is 29.8 Å². The van der Waals surface area contributed by atoms with Gasteiger partial charge in [-0.15, -0.1) is 0 Å². The lowest BCUT2D eigenvalue weighted by Gasteiger charge is -2.26. The maximum Gasteiger partial charge on any atom is 0.262 e. The maximum atomic E-state index is 13.2. The SMILES string of the molecule is O=C(CCN1CCOCC1)Nc1cccc(CNC(=O)C2CC(F)(F)CN2)c1. The van der Waals surface area contributed by atoms with Crippen molar-refractivity contribution < 1.29 is 23.1 Å². The number of hydrogen-bond acceptors (Lipinski definition) is 5. The van der Waals surface area contributed by atoms with E-state index in [1.165, 1.54) is 0 Å². The Hall–Kier alpha value is -2.10. The number of nitrogens with zero attached hydrogens (tertiary/aromatic N) is 1. The molecule has 7 nitrogen and oxygen atoms in total. The number of hydrogen-bond donors (Lipinski definition) is 3. The van der Waals surface area contributed by atoms with Gasteiger partial charge in [-0.2, -0.15) is 0 Å². The molecule has 0 saturated carbocycles. The van der Waals surface area contributed by atoms with Crippen molar-refractivity contribution in [2.45, 2.75) is 31.4 Å². The Morgan fingerprint density at radius 2 is 2.07 bits per heavy atom. The van der Waals surface area contributed by atoms with Crippen LogP contribution in [0.5, 0.6) is 0 Å². The van der Waals surface area contributed by atoms with Crippen LogP contribution in [0.1, 0.15) is 18.4 Å². The number of morpholine rings is 1. The second-order valence-electron chi connectivity index (χ2n) is 7.16. The normalized spacial score (nSPS) is 22.0. The molecule has 1 aromatic carbocycles. The number of halogens is 2. The standard InChI is InChI=1S/C19H26F2N4O3/c20-19(21)11-16(23-13-19)18(27)22-12-14-2-1-3-15(10-14)24-17(26)4-5-25-6-8-28-9-7-25/h1-3,10,16,23H,4-9,11-13H2,(H,22,27)(H,24,26). The van der Waals surface area contributed by atoms with Gasteiger partial charge in [-0.1, -0.05) is 12.1 Å². The van der Waals surface area contributed by atoms with Crippen LogP contribution in [0.25, 0.3) is 0 Å². The summed E-state index contributed by atoms with van der Waals surface area (Å²) in [6.45, 7) is 3.49. The molecule has 2 saturated heterocycles. The van der Waals surface area contributed by atoms with Crippen LogP contribution >= 0.6 is 0 Å². The molecule has 2 heterocycles. The van der Waals surface area contributed by atoms with Gasteiger partial charge in [-0.3, -0.25) is 19.8 Å². The first kappa shape index (κ1) is 20.6. The minimum absolute atomic E-state index is 0.0786. The third-order valence-corrected chi connectivity index (χ3v) is 4.86. The van der Waals surface area contributed by atoms with Crippen LogP contribution in [0.3, 0.4) is 0 Å². The monoisotopic (exact) mass is 396 g/mol. The number of rotatable bonds is 7. The molecule has 0 aromatic heterocycles. The number of carbonyl (C=O) groups is 2. The first-order valence-electron chi connectivity index (χ1n) is 9.49. The van der Waals surface area contributed by atoms with Crippen LogP contribution in [0, 0.1) is 0 Å². The van der Waals surface area contributed by atoms with Gasteiger partial charge in [0.1, 0.15) is 0 Å². The zero-order chi connectivity index (χ0) is 20.0. The lowest BCUT2D eigenvalue weighted by Crippen LogP contribution is -2.40. The van der Waals surface area contributed by atoms with Crippen molar-refractivity contribution in [1.29, 1.82) is 0 Å². The summed E-state index contributed by atoms with van der Waals surface area (Å²) in [5, 5.41) is 8.05. The number of nitrogens with one attached hydrogen (secondary N) is 3. The zero-order valence-corrected chi connectivity index (χ0v) is 15.7. The predicted molar refractivity (Wildman–Crippen MR) is 100 cm³/mol. The number of alkyl halides is 2. The van der Waals surface area contributed by atoms with Gasteiger partial charge in [-0.05, 0) is 17.7 Å². The first-order chi connectivity index (χ1) is 13.4. The highest BCUT2D eigenvalue weighted by atomic mass is 19.3. The summed E-state index contributed by atoms with van der Waals surface area (Å²) in [5.74, 6) is -3.37. The molecule has 2 aliphatic rings. The van der Waals surface area contributed by atoms with Crippen molar-refractivity contribution in [3.63, 3.8) is 0 Å². The van der Waals surface area contributed by atoms with Gasteiger partial charge in [0.15, 0.2) is 0 Å². The topological polar surface area (TPSA) is 82.7 Å². The van der Waals surface area contributed by atoms with Crippen LogP contribution in [0.15, 0.2) is 24.3 Å². The molecule has 2 amide bonds. The van der Waals surface area contributed by atoms with E-state index >= 15 is 0 Å². The Morgan fingerprint density at radius 3 is 2.79 bits per heavy atom. The summed E-state index contributed by atoms with van der Waals surface area (Å²) in [6.07, 6.45) is -0.0966. The van der Waals surface area contributed by atoms with E-state index in [0.29, 0.717) is 31.9 Å².